The molecule has 0 bridgehead atoms. The van der Waals surface area contributed by atoms with Crippen molar-refractivity contribution < 1.29 is 9.90 Å². The van der Waals surface area contributed by atoms with Gasteiger partial charge < -0.3 is 10.0 Å². The Bertz CT molecular complexity index is 400. The van der Waals surface area contributed by atoms with Crippen LogP contribution in [0.5, 0.6) is 0 Å². The zero-order valence-corrected chi connectivity index (χ0v) is 11.6. The molecule has 1 aliphatic rings. The van der Waals surface area contributed by atoms with Gasteiger partial charge in [0.15, 0.2) is 0 Å². The van der Waals surface area contributed by atoms with Gasteiger partial charge in [-0.3, -0.25) is 4.79 Å². The lowest BCUT2D eigenvalue weighted by Gasteiger charge is -2.31. The van der Waals surface area contributed by atoms with E-state index in [2.05, 4.69) is 24.0 Å². The minimum atomic E-state index is -0.706. The molecule has 3 heteroatoms. The highest BCUT2D eigenvalue weighted by Crippen LogP contribution is 2.35. The van der Waals surface area contributed by atoms with Gasteiger partial charge in [-0.05, 0) is 37.8 Å². The summed E-state index contributed by atoms with van der Waals surface area (Å²) in [6, 6.07) is 10.8. The highest BCUT2D eigenvalue weighted by molar-refractivity contribution is 5.66. The number of hydrogen-bond donors (Lipinski definition) is 1. The predicted octanol–water partition coefficient (Wildman–Crippen LogP) is 3.55. The lowest BCUT2D eigenvalue weighted by Crippen LogP contribution is -2.34. The van der Waals surface area contributed by atoms with Gasteiger partial charge in [-0.1, -0.05) is 31.0 Å². The summed E-state index contributed by atoms with van der Waals surface area (Å²) in [7, 11) is 0. The number of benzene rings is 1. The van der Waals surface area contributed by atoms with E-state index >= 15 is 0 Å². The molecule has 0 spiro atoms. The molecular weight excluding hydrogens is 238 g/mol. The van der Waals surface area contributed by atoms with E-state index in [0.29, 0.717) is 12.5 Å². The zero-order chi connectivity index (χ0) is 13.7. The molecule has 0 radical (unpaired) electrons. The number of carbonyl (C=O) groups is 1. The Morgan fingerprint density at radius 3 is 2.63 bits per heavy atom. The van der Waals surface area contributed by atoms with E-state index in [4.69, 9.17) is 5.11 Å². The van der Waals surface area contributed by atoms with Crippen molar-refractivity contribution in [2.75, 3.05) is 11.4 Å². The van der Waals surface area contributed by atoms with E-state index < -0.39 is 5.97 Å². The molecule has 0 amide bonds. The van der Waals surface area contributed by atoms with Crippen LogP contribution in [0.1, 0.15) is 39.0 Å². The van der Waals surface area contributed by atoms with E-state index in [1.54, 1.807) is 0 Å². The van der Waals surface area contributed by atoms with Crippen molar-refractivity contribution in [3.63, 3.8) is 0 Å². The standard InChI is InChI=1S/C16H23NO2/c1-13(12-14-9-10-14)17(11-5-8-16(18)19)15-6-3-2-4-7-15/h2-4,6-7,13-14H,5,8-12H2,1H3,(H,18,19). The Hall–Kier alpha value is -1.51. The first-order valence-corrected chi connectivity index (χ1v) is 7.20. The Kier molecular flexibility index (Phi) is 4.83. The molecule has 1 unspecified atom stereocenters. The number of carboxylic acid groups (broad SMARTS) is 1. The first-order valence-electron chi connectivity index (χ1n) is 7.20. The molecule has 1 saturated carbocycles. The monoisotopic (exact) mass is 261 g/mol. The van der Waals surface area contributed by atoms with Crippen molar-refractivity contribution in [1.82, 2.24) is 0 Å². The van der Waals surface area contributed by atoms with Crippen molar-refractivity contribution in [1.29, 1.82) is 0 Å². The third-order valence-electron chi connectivity index (χ3n) is 3.78. The van der Waals surface area contributed by atoms with Gasteiger partial charge in [0, 0.05) is 24.7 Å². The average Bonchev–Trinajstić information content (AvgIpc) is 3.19. The average molecular weight is 261 g/mol. The molecule has 3 nitrogen and oxygen atoms in total. The van der Waals surface area contributed by atoms with E-state index in [-0.39, 0.29) is 6.42 Å². The molecule has 0 saturated heterocycles. The number of anilines is 1. The first-order chi connectivity index (χ1) is 9.16. The largest absolute Gasteiger partial charge is 0.481 e. The van der Waals surface area contributed by atoms with Crippen LogP contribution >= 0.6 is 0 Å². The van der Waals surface area contributed by atoms with Crippen molar-refractivity contribution in [2.24, 2.45) is 5.92 Å². The second-order valence-corrected chi connectivity index (χ2v) is 5.55. The molecule has 1 atom stereocenters. The third kappa shape index (κ3) is 4.58. The van der Waals surface area contributed by atoms with Gasteiger partial charge in [0.25, 0.3) is 0 Å². The summed E-state index contributed by atoms with van der Waals surface area (Å²) >= 11 is 0. The fraction of sp³-hybridized carbons (Fsp3) is 0.562. The Morgan fingerprint density at radius 1 is 1.37 bits per heavy atom. The van der Waals surface area contributed by atoms with Gasteiger partial charge >= 0.3 is 5.97 Å². The van der Waals surface area contributed by atoms with Gasteiger partial charge in [-0.15, -0.1) is 0 Å². The molecule has 1 fully saturated rings. The normalized spacial score (nSPS) is 16.1. The number of rotatable bonds is 8. The Labute approximate surface area is 115 Å². The van der Waals surface area contributed by atoms with Gasteiger partial charge in [0.1, 0.15) is 0 Å². The predicted molar refractivity (Wildman–Crippen MR) is 77.5 cm³/mol. The van der Waals surface area contributed by atoms with Crippen LogP contribution in [-0.2, 0) is 4.79 Å². The Balaban J connectivity index is 1.97. The molecule has 1 aromatic carbocycles. The maximum atomic E-state index is 10.7. The Morgan fingerprint density at radius 2 is 2.05 bits per heavy atom. The summed E-state index contributed by atoms with van der Waals surface area (Å²) in [4.78, 5) is 13.0. The van der Waals surface area contributed by atoms with E-state index in [9.17, 15) is 4.79 Å². The summed E-state index contributed by atoms with van der Waals surface area (Å²) in [6.45, 7) is 3.08. The smallest absolute Gasteiger partial charge is 0.303 e. The van der Waals surface area contributed by atoms with Crippen LogP contribution in [-0.4, -0.2) is 23.7 Å². The number of carboxylic acids is 1. The topological polar surface area (TPSA) is 40.5 Å². The summed E-state index contributed by atoms with van der Waals surface area (Å²) in [5.41, 5.74) is 1.21. The van der Waals surface area contributed by atoms with Gasteiger partial charge in [-0.25, -0.2) is 0 Å². The third-order valence-corrected chi connectivity index (χ3v) is 3.78. The van der Waals surface area contributed by atoms with Crippen LogP contribution in [0.2, 0.25) is 0 Å². The maximum absolute atomic E-state index is 10.7. The van der Waals surface area contributed by atoms with Crippen LogP contribution in [0.4, 0.5) is 5.69 Å². The number of para-hydroxylation sites is 1. The SMILES string of the molecule is CC(CC1CC1)N(CCCC(=O)O)c1ccccc1. The molecule has 2 rings (SSSR count). The number of aliphatic carboxylic acids is 1. The number of nitrogens with zero attached hydrogens (tertiary/aromatic N) is 1. The van der Waals surface area contributed by atoms with E-state index in [1.807, 2.05) is 18.2 Å². The molecule has 1 N–H and O–H groups in total. The van der Waals surface area contributed by atoms with Crippen LogP contribution in [0.3, 0.4) is 0 Å². The molecule has 19 heavy (non-hydrogen) atoms. The summed E-state index contributed by atoms with van der Waals surface area (Å²) in [5, 5.41) is 8.77. The van der Waals surface area contributed by atoms with Crippen LogP contribution in [0.15, 0.2) is 30.3 Å². The molecule has 0 aliphatic heterocycles. The molecule has 1 aromatic rings. The van der Waals surface area contributed by atoms with Crippen LogP contribution in [0, 0.1) is 5.92 Å². The minimum absolute atomic E-state index is 0.249. The fourth-order valence-electron chi connectivity index (χ4n) is 2.59. The van der Waals surface area contributed by atoms with Gasteiger partial charge in [-0.2, -0.15) is 0 Å². The second kappa shape index (κ2) is 6.60. The van der Waals surface area contributed by atoms with Crippen LogP contribution in [0.25, 0.3) is 0 Å². The lowest BCUT2D eigenvalue weighted by atomic mass is 10.1. The molecule has 104 valence electrons. The van der Waals surface area contributed by atoms with E-state index in [1.165, 1.54) is 24.9 Å². The van der Waals surface area contributed by atoms with E-state index in [0.717, 1.165) is 12.5 Å². The zero-order valence-electron chi connectivity index (χ0n) is 11.6. The quantitative estimate of drug-likeness (QED) is 0.778. The lowest BCUT2D eigenvalue weighted by molar-refractivity contribution is -0.137. The molecule has 0 heterocycles. The van der Waals surface area contributed by atoms with Crippen molar-refractivity contribution in [2.45, 2.75) is 45.1 Å². The second-order valence-electron chi connectivity index (χ2n) is 5.55. The summed E-state index contributed by atoms with van der Waals surface area (Å²) in [5.74, 6) is 0.184. The number of hydrogen-bond acceptors (Lipinski definition) is 2. The maximum Gasteiger partial charge on any atom is 0.303 e. The highest BCUT2D eigenvalue weighted by Gasteiger charge is 2.26. The molecule has 0 aromatic heterocycles. The molecular formula is C16H23NO2. The first kappa shape index (κ1) is 13.9. The van der Waals surface area contributed by atoms with Crippen molar-refractivity contribution in [3.8, 4) is 0 Å². The van der Waals surface area contributed by atoms with Crippen molar-refractivity contribution >= 4 is 11.7 Å². The highest BCUT2D eigenvalue weighted by atomic mass is 16.4. The molecule has 1 aliphatic carbocycles. The van der Waals surface area contributed by atoms with Gasteiger partial charge in [0.05, 0.1) is 0 Å². The fourth-order valence-corrected chi connectivity index (χ4v) is 2.59. The summed E-state index contributed by atoms with van der Waals surface area (Å²) < 4.78 is 0. The van der Waals surface area contributed by atoms with Crippen LogP contribution < -0.4 is 4.90 Å². The minimum Gasteiger partial charge on any atom is -0.481 e. The van der Waals surface area contributed by atoms with Crippen molar-refractivity contribution in [3.05, 3.63) is 30.3 Å². The summed E-state index contributed by atoms with van der Waals surface area (Å²) in [6.07, 6.45) is 4.91. The van der Waals surface area contributed by atoms with Gasteiger partial charge in [0.2, 0.25) is 0 Å².